The Labute approximate surface area is 140 Å². The minimum Gasteiger partial charge on any atom is -0.507 e. The number of hydrogen-bond acceptors (Lipinski definition) is 8. The van der Waals surface area contributed by atoms with Crippen molar-refractivity contribution in [3.05, 3.63) is 48.5 Å². The summed E-state index contributed by atoms with van der Waals surface area (Å²) in [5, 5.41) is 19.2. The van der Waals surface area contributed by atoms with Crippen LogP contribution in [-0.2, 0) is 0 Å². The topological polar surface area (TPSA) is 40.5 Å². The van der Waals surface area contributed by atoms with E-state index < -0.39 is 0 Å². The molecule has 2 aromatic rings. The number of hydrogen-bond donors (Lipinski definition) is 2. The number of aromatic hydroxyl groups is 2. The van der Waals surface area contributed by atoms with Crippen LogP contribution in [0.15, 0.2) is 58.3 Å². The maximum absolute atomic E-state index is 9.61. The van der Waals surface area contributed by atoms with E-state index in [0.29, 0.717) is 11.5 Å². The molecule has 20 heavy (non-hydrogen) atoms. The van der Waals surface area contributed by atoms with Gasteiger partial charge in [0.2, 0.25) is 0 Å². The molecule has 0 aliphatic rings. The van der Waals surface area contributed by atoms with Crippen LogP contribution in [0.5, 0.6) is 11.5 Å². The summed E-state index contributed by atoms with van der Waals surface area (Å²) in [5.74, 6) is 0.624. The van der Waals surface area contributed by atoms with Gasteiger partial charge in [-0.15, -0.1) is 0 Å². The second-order valence-electron chi connectivity index (χ2n) is 3.37. The first kappa shape index (κ1) is 16.5. The predicted molar refractivity (Wildman–Crippen MR) is 98.3 cm³/mol. The SMILES string of the molecule is Oc1ccccc1SSSSSSc1ccccc1O. The van der Waals surface area contributed by atoms with Gasteiger partial charge >= 0.3 is 0 Å². The molecule has 0 fully saturated rings. The third kappa shape index (κ3) is 5.50. The standard InChI is InChI=1S/C12H10O2S6/c13-9-5-1-3-7-11(9)15-17-19-20-18-16-12-8-4-2-6-10(12)14/h1-8,13-14H. The average Bonchev–Trinajstić information content (AvgIpc) is 2.46. The predicted octanol–water partition coefficient (Wildman–Crippen LogP) is 6.49. The van der Waals surface area contributed by atoms with Crippen molar-refractivity contribution < 1.29 is 10.2 Å². The van der Waals surface area contributed by atoms with Gasteiger partial charge in [0.15, 0.2) is 0 Å². The van der Waals surface area contributed by atoms with Gasteiger partial charge in [0.05, 0.1) is 9.79 Å². The lowest BCUT2D eigenvalue weighted by atomic mass is 10.3. The molecule has 0 spiro atoms. The molecule has 2 rings (SSSR count). The highest BCUT2D eigenvalue weighted by Gasteiger charge is 2.04. The summed E-state index contributed by atoms with van der Waals surface area (Å²) in [6, 6.07) is 14.6. The zero-order valence-corrected chi connectivity index (χ0v) is 14.9. The first-order valence-corrected chi connectivity index (χ1v) is 12.8. The summed E-state index contributed by atoms with van der Waals surface area (Å²) in [5.41, 5.74) is 0. The van der Waals surface area contributed by atoms with Crippen LogP contribution >= 0.6 is 60.9 Å². The molecule has 8 heteroatoms. The van der Waals surface area contributed by atoms with Gasteiger partial charge in [-0.2, -0.15) is 0 Å². The largest absolute Gasteiger partial charge is 0.507 e. The number of rotatable bonds is 7. The molecule has 0 saturated heterocycles. The molecule has 2 N–H and O–H groups in total. The monoisotopic (exact) mass is 378 g/mol. The van der Waals surface area contributed by atoms with Crippen molar-refractivity contribution in [2.45, 2.75) is 9.79 Å². The van der Waals surface area contributed by atoms with E-state index in [1.54, 1.807) is 51.4 Å². The fraction of sp³-hybridized carbons (Fsp3) is 0. The van der Waals surface area contributed by atoms with Crippen molar-refractivity contribution in [3.8, 4) is 11.5 Å². The maximum atomic E-state index is 9.61. The molecule has 0 amide bonds. The maximum Gasteiger partial charge on any atom is 0.130 e. The van der Waals surface area contributed by atoms with Crippen LogP contribution in [-0.4, -0.2) is 10.2 Å². The fourth-order valence-electron chi connectivity index (χ4n) is 1.18. The molecule has 0 saturated carbocycles. The van der Waals surface area contributed by atoms with Crippen LogP contribution in [0.2, 0.25) is 0 Å². The number of para-hydroxylation sites is 2. The lowest BCUT2D eigenvalue weighted by molar-refractivity contribution is 0.462. The van der Waals surface area contributed by atoms with Gasteiger partial charge in [-0.25, -0.2) is 0 Å². The van der Waals surface area contributed by atoms with Crippen LogP contribution in [0.1, 0.15) is 0 Å². The molecule has 2 aromatic carbocycles. The molecule has 2 nitrogen and oxygen atoms in total. The van der Waals surface area contributed by atoms with E-state index in [4.69, 9.17) is 0 Å². The summed E-state index contributed by atoms with van der Waals surface area (Å²) in [6.45, 7) is 0. The van der Waals surface area contributed by atoms with E-state index >= 15 is 0 Å². The first-order chi connectivity index (χ1) is 9.77. The third-order valence-corrected chi connectivity index (χ3v) is 12.6. The van der Waals surface area contributed by atoms with Gasteiger partial charge in [0, 0.05) is 0 Å². The summed E-state index contributed by atoms with van der Waals surface area (Å²) < 4.78 is 0. The quantitative estimate of drug-likeness (QED) is 0.418. The molecule has 106 valence electrons. The van der Waals surface area contributed by atoms with Gasteiger partial charge in [0.25, 0.3) is 0 Å². The molecule has 0 heterocycles. The van der Waals surface area contributed by atoms with Gasteiger partial charge in [-0.3, -0.25) is 0 Å². The normalized spacial score (nSPS) is 10.6. The zero-order chi connectivity index (χ0) is 14.2. The Kier molecular flexibility index (Phi) is 7.61. The molecule has 0 unspecified atom stereocenters. The Morgan fingerprint density at radius 2 is 0.950 bits per heavy atom. The van der Waals surface area contributed by atoms with Crippen LogP contribution in [0.4, 0.5) is 0 Å². The Hall–Kier alpha value is 0.140. The first-order valence-electron chi connectivity index (χ1n) is 5.34. The molecular weight excluding hydrogens is 369 g/mol. The molecule has 0 aromatic heterocycles. The highest BCUT2D eigenvalue weighted by Crippen LogP contribution is 2.56. The van der Waals surface area contributed by atoms with Crippen LogP contribution in [0, 0.1) is 0 Å². The zero-order valence-electron chi connectivity index (χ0n) is 9.96. The summed E-state index contributed by atoms with van der Waals surface area (Å²) in [6.07, 6.45) is 0. The molecular formula is C12H10O2S6. The van der Waals surface area contributed by atoms with Crippen molar-refractivity contribution in [3.63, 3.8) is 0 Å². The van der Waals surface area contributed by atoms with Crippen molar-refractivity contribution in [2.75, 3.05) is 0 Å². The van der Waals surface area contributed by atoms with Gasteiger partial charge in [0.1, 0.15) is 11.5 Å². The second-order valence-corrected chi connectivity index (χ2v) is 12.7. The van der Waals surface area contributed by atoms with Crippen LogP contribution in [0.25, 0.3) is 0 Å². The Balaban J connectivity index is 1.63. The van der Waals surface area contributed by atoms with E-state index in [2.05, 4.69) is 0 Å². The summed E-state index contributed by atoms with van der Waals surface area (Å²) >= 11 is 0. The molecule has 0 bridgehead atoms. The third-order valence-electron chi connectivity index (χ3n) is 2.06. The van der Waals surface area contributed by atoms with Crippen molar-refractivity contribution in [1.29, 1.82) is 0 Å². The summed E-state index contributed by atoms with van der Waals surface area (Å²) in [4.78, 5) is 1.73. The van der Waals surface area contributed by atoms with Crippen molar-refractivity contribution in [1.82, 2.24) is 0 Å². The fourth-order valence-corrected chi connectivity index (χ4v) is 12.2. The van der Waals surface area contributed by atoms with E-state index in [9.17, 15) is 10.2 Å². The molecule has 0 aliphatic heterocycles. The van der Waals surface area contributed by atoms with Crippen molar-refractivity contribution in [2.24, 2.45) is 0 Å². The van der Waals surface area contributed by atoms with Crippen LogP contribution < -0.4 is 0 Å². The smallest absolute Gasteiger partial charge is 0.130 e. The van der Waals surface area contributed by atoms with E-state index in [1.165, 1.54) is 21.6 Å². The number of phenolic OH excluding ortho intramolecular Hbond substituents is 2. The molecule has 0 aliphatic carbocycles. The minimum absolute atomic E-state index is 0.312. The lowest BCUT2D eigenvalue weighted by Gasteiger charge is -2.03. The number of benzene rings is 2. The molecule has 0 radical (unpaired) electrons. The van der Waals surface area contributed by atoms with Crippen LogP contribution in [0.3, 0.4) is 0 Å². The van der Waals surface area contributed by atoms with Crippen molar-refractivity contribution >= 4 is 60.9 Å². The van der Waals surface area contributed by atoms with Gasteiger partial charge in [-0.05, 0) is 85.2 Å². The molecule has 0 atom stereocenters. The Morgan fingerprint density at radius 3 is 1.35 bits per heavy atom. The van der Waals surface area contributed by atoms with E-state index in [-0.39, 0.29) is 0 Å². The highest BCUT2D eigenvalue weighted by molar-refractivity contribution is 9.41. The highest BCUT2D eigenvalue weighted by atomic mass is 33.9. The lowest BCUT2D eigenvalue weighted by Crippen LogP contribution is -1.68. The second kappa shape index (κ2) is 9.22. The van der Waals surface area contributed by atoms with Gasteiger partial charge in [-0.1, -0.05) is 24.3 Å². The average molecular weight is 379 g/mol. The Morgan fingerprint density at radius 1 is 0.550 bits per heavy atom. The van der Waals surface area contributed by atoms with Gasteiger partial charge < -0.3 is 10.2 Å². The number of phenols is 2. The Bertz CT molecular complexity index is 501. The minimum atomic E-state index is 0.312. The van der Waals surface area contributed by atoms with E-state index in [0.717, 1.165) is 9.79 Å². The summed E-state index contributed by atoms with van der Waals surface area (Å²) in [7, 11) is 9.52. The van der Waals surface area contributed by atoms with E-state index in [1.807, 2.05) is 36.4 Å².